The highest BCUT2D eigenvalue weighted by atomic mass is 127. The fraction of sp³-hybridized carbons (Fsp3) is 0.526. The summed E-state index contributed by atoms with van der Waals surface area (Å²) in [4.78, 5) is 31.6. The normalized spacial score (nSPS) is 20.5. The Morgan fingerprint density at radius 2 is 1.89 bits per heavy atom. The fourth-order valence-electron chi connectivity index (χ4n) is 3.47. The Balaban J connectivity index is 0.00000261. The fourth-order valence-corrected chi connectivity index (χ4v) is 3.47. The number of hydrogen-bond donors (Lipinski definition) is 2. The molecule has 3 rings (SSSR count). The number of anilines is 1. The molecule has 2 aliphatic rings. The Morgan fingerprint density at radius 1 is 1.19 bits per heavy atom. The zero-order valence-corrected chi connectivity index (χ0v) is 18.0. The van der Waals surface area contributed by atoms with E-state index >= 15 is 0 Å². The molecule has 27 heavy (non-hydrogen) atoms. The molecular weight excluding hydrogens is 457 g/mol. The lowest BCUT2D eigenvalue weighted by Gasteiger charge is -2.25. The lowest BCUT2D eigenvalue weighted by Crippen LogP contribution is -2.48. The molecule has 0 bridgehead atoms. The van der Waals surface area contributed by atoms with Crippen molar-refractivity contribution in [3.05, 3.63) is 30.3 Å². The van der Waals surface area contributed by atoms with Gasteiger partial charge in [-0.15, -0.1) is 24.0 Å². The summed E-state index contributed by atoms with van der Waals surface area (Å²) in [5, 5.41) is 6.65. The van der Waals surface area contributed by atoms with Crippen molar-refractivity contribution < 1.29 is 9.59 Å². The summed E-state index contributed by atoms with van der Waals surface area (Å²) >= 11 is 0. The number of nitrogens with zero attached hydrogens (tertiary/aromatic N) is 3. The van der Waals surface area contributed by atoms with Gasteiger partial charge in [-0.1, -0.05) is 18.2 Å². The van der Waals surface area contributed by atoms with Gasteiger partial charge in [0, 0.05) is 57.8 Å². The predicted molar refractivity (Wildman–Crippen MR) is 118 cm³/mol. The molecule has 0 aromatic heterocycles. The van der Waals surface area contributed by atoms with Gasteiger partial charge < -0.3 is 15.5 Å². The molecule has 2 aliphatic heterocycles. The van der Waals surface area contributed by atoms with Crippen LogP contribution >= 0.6 is 24.0 Å². The number of likely N-dealkylation sites (tertiary alicyclic amines) is 1. The number of piperidine rings is 1. The van der Waals surface area contributed by atoms with Crippen LogP contribution in [0.5, 0.6) is 0 Å². The van der Waals surface area contributed by atoms with Gasteiger partial charge in [0.1, 0.15) is 0 Å². The van der Waals surface area contributed by atoms with Gasteiger partial charge in [0.05, 0.1) is 0 Å². The quantitative estimate of drug-likeness (QED) is 0.287. The minimum Gasteiger partial charge on any atom is -0.369 e. The standard InChI is InChI=1S/C19H27N5O2.HI/c1-20-19(21-11-13-24-17(25)8-5-9-18(24)26)22-15-10-12-23(14-15)16-6-3-2-4-7-16;/h2-4,6-7,15H,5,8-14H2,1H3,(H2,20,21,22);1H. The number of amides is 2. The maximum absolute atomic E-state index is 11.8. The third kappa shape index (κ3) is 5.82. The first-order valence-electron chi connectivity index (χ1n) is 9.28. The van der Waals surface area contributed by atoms with Crippen molar-refractivity contribution in [2.75, 3.05) is 38.1 Å². The Hall–Kier alpha value is -1.84. The molecule has 2 heterocycles. The van der Waals surface area contributed by atoms with Crippen molar-refractivity contribution in [3.63, 3.8) is 0 Å². The van der Waals surface area contributed by atoms with Crippen molar-refractivity contribution in [2.45, 2.75) is 31.7 Å². The van der Waals surface area contributed by atoms with Crippen LogP contribution in [0.1, 0.15) is 25.7 Å². The average molecular weight is 485 g/mol. The summed E-state index contributed by atoms with van der Waals surface area (Å²) in [5.74, 6) is 0.572. The van der Waals surface area contributed by atoms with E-state index in [1.807, 2.05) is 6.07 Å². The Bertz CT molecular complexity index is 651. The summed E-state index contributed by atoms with van der Waals surface area (Å²) in [7, 11) is 1.73. The third-order valence-corrected chi connectivity index (χ3v) is 4.89. The summed E-state index contributed by atoms with van der Waals surface area (Å²) in [5.41, 5.74) is 1.24. The summed E-state index contributed by atoms with van der Waals surface area (Å²) in [6.07, 6.45) is 2.65. The molecule has 8 heteroatoms. The zero-order chi connectivity index (χ0) is 18.4. The van der Waals surface area contributed by atoms with Gasteiger partial charge in [0.25, 0.3) is 0 Å². The number of rotatable bonds is 5. The molecule has 0 saturated carbocycles. The van der Waals surface area contributed by atoms with Crippen LogP contribution in [0.25, 0.3) is 0 Å². The first kappa shape index (κ1) is 21.5. The van der Waals surface area contributed by atoms with Gasteiger partial charge in [0.2, 0.25) is 11.8 Å². The van der Waals surface area contributed by atoms with E-state index in [1.54, 1.807) is 7.05 Å². The Labute approximate surface area is 177 Å². The van der Waals surface area contributed by atoms with Gasteiger partial charge >= 0.3 is 0 Å². The van der Waals surface area contributed by atoms with E-state index in [1.165, 1.54) is 10.6 Å². The SMILES string of the molecule is CN=C(NCCN1C(=O)CCCC1=O)NC1CCN(c2ccccc2)C1.I. The topological polar surface area (TPSA) is 77.0 Å². The number of benzene rings is 1. The van der Waals surface area contributed by atoms with Crippen LogP contribution in [0, 0.1) is 0 Å². The van der Waals surface area contributed by atoms with Crippen LogP contribution in [0.3, 0.4) is 0 Å². The van der Waals surface area contributed by atoms with Crippen LogP contribution < -0.4 is 15.5 Å². The van der Waals surface area contributed by atoms with E-state index in [2.05, 4.69) is 44.8 Å². The van der Waals surface area contributed by atoms with Crippen molar-refractivity contribution in [1.29, 1.82) is 0 Å². The molecule has 0 aliphatic carbocycles. The third-order valence-electron chi connectivity index (χ3n) is 4.89. The minimum atomic E-state index is -0.0692. The summed E-state index contributed by atoms with van der Waals surface area (Å²) in [6.45, 7) is 2.83. The largest absolute Gasteiger partial charge is 0.369 e. The van der Waals surface area contributed by atoms with Crippen LogP contribution in [0.15, 0.2) is 35.3 Å². The van der Waals surface area contributed by atoms with Crippen molar-refractivity contribution >= 4 is 47.4 Å². The lowest BCUT2D eigenvalue weighted by atomic mass is 10.1. The highest BCUT2D eigenvalue weighted by Gasteiger charge is 2.26. The molecular formula is C19H28IN5O2. The van der Waals surface area contributed by atoms with Crippen molar-refractivity contribution in [2.24, 2.45) is 4.99 Å². The van der Waals surface area contributed by atoms with Gasteiger partial charge in [-0.3, -0.25) is 19.5 Å². The molecule has 1 unspecified atom stereocenters. The molecule has 7 nitrogen and oxygen atoms in total. The summed E-state index contributed by atoms with van der Waals surface area (Å²) < 4.78 is 0. The molecule has 0 radical (unpaired) electrons. The molecule has 2 amide bonds. The van der Waals surface area contributed by atoms with Crippen molar-refractivity contribution in [3.8, 4) is 0 Å². The number of para-hydroxylation sites is 1. The molecule has 0 spiro atoms. The smallest absolute Gasteiger partial charge is 0.229 e. The maximum atomic E-state index is 11.8. The number of carbonyl (C=O) groups is 2. The van der Waals surface area contributed by atoms with Gasteiger partial charge in [-0.05, 0) is 25.0 Å². The Kier molecular flexibility index (Phi) is 8.33. The molecule has 148 valence electrons. The second kappa shape index (κ2) is 10.5. The molecule has 2 saturated heterocycles. The molecule has 1 atom stereocenters. The zero-order valence-electron chi connectivity index (χ0n) is 15.7. The van der Waals surface area contributed by atoms with Crippen LogP contribution in [-0.4, -0.2) is 61.9 Å². The van der Waals surface area contributed by atoms with E-state index in [4.69, 9.17) is 0 Å². The summed E-state index contributed by atoms with van der Waals surface area (Å²) in [6, 6.07) is 10.7. The van der Waals surface area contributed by atoms with Gasteiger partial charge in [0.15, 0.2) is 5.96 Å². The predicted octanol–water partition coefficient (Wildman–Crippen LogP) is 1.59. The maximum Gasteiger partial charge on any atom is 0.229 e. The first-order chi connectivity index (χ1) is 12.7. The highest BCUT2D eigenvalue weighted by molar-refractivity contribution is 14.0. The van der Waals surface area contributed by atoms with Crippen LogP contribution in [0.4, 0.5) is 5.69 Å². The molecule has 1 aromatic carbocycles. The average Bonchev–Trinajstić information content (AvgIpc) is 3.12. The number of carbonyl (C=O) groups excluding carboxylic acids is 2. The highest BCUT2D eigenvalue weighted by Crippen LogP contribution is 2.19. The second-order valence-corrected chi connectivity index (χ2v) is 6.70. The number of imide groups is 1. The van der Waals surface area contributed by atoms with Gasteiger partial charge in [-0.2, -0.15) is 0 Å². The minimum absolute atomic E-state index is 0. The van der Waals surface area contributed by atoms with E-state index in [9.17, 15) is 9.59 Å². The lowest BCUT2D eigenvalue weighted by molar-refractivity contribution is -0.147. The van der Waals surface area contributed by atoms with E-state index in [0.717, 1.165) is 19.5 Å². The second-order valence-electron chi connectivity index (χ2n) is 6.70. The molecule has 2 fully saturated rings. The number of nitrogens with one attached hydrogen (secondary N) is 2. The van der Waals surface area contributed by atoms with E-state index < -0.39 is 0 Å². The van der Waals surface area contributed by atoms with Crippen molar-refractivity contribution in [1.82, 2.24) is 15.5 Å². The van der Waals surface area contributed by atoms with Gasteiger partial charge in [-0.25, -0.2) is 0 Å². The van der Waals surface area contributed by atoms with E-state index in [0.29, 0.717) is 44.4 Å². The number of aliphatic imine (C=N–C) groups is 1. The first-order valence-corrected chi connectivity index (χ1v) is 9.28. The number of hydrogen-bond acceptors (Lipinski definition) is 4. The van der Waals surface area contributed by atoms with E-state index in [-0.39, 0.29) is 35.8 Å². The van der Waals surface area contributed by atoms with Crippen LogP contribution in [-0.2, 0) is 9.59 Å². The Morgan fingerprint density at radius 3 is 2.56 bits per heavy atom. The molecule has 2 N–H and O–H groups in total. The monoisotopic (exact) mass is 485 g/mol. The molecule has 1 aromatic rings. The number of halogens is 1. The number of guanidine groups is 1. The van der Waals surface area contributed by atoms with Crippen LogP contribution in [0.2, 0.25) is 0 Å².